The van der Waals surface area contributed by atoms with Gasteiger partial charge in [-0.3, -0.25) is 9.59 Å². The molecule has 2 N–H and O–H groups in total. The van der Waals surface area contributed by atoms with Gasteiger partial charge < -0.3 is 10.6 Å². The Morgan fingerprint density at radius 3 is 2.54 bits per heavy atom. The summed E-state index contributed by atoms with van der Waals surface area (Å²) in [6.45, 7) is 3.34. The summed E-state index contributed by atoms with van der Waals surface area (Å²) in [5.74, 6) is -0.214. The highest BCUT2D eigenvalue weighted by atomic mass is 32.2. The highest BCUT2D eigenvalue weighted by molar-refractivity contribution is 8.00. The number of fused-ring (bicyclic) bond motifs is 3. The molecule has 0 saturated carbocycles. The molecule has 6 nitrogen and oxygen atoms in total. The predicted molar refractivity (Wildman–Crippen MR) is 114 cm³/mol. The fourth-order valence-electron chi connectivity index (χ4n) is 3.29. The lowest BCUT2D eigenvalue weighted by atomic mass is 10.2. The summed E-state index contributed by atoms with van der Waals surface area (Å²) in [6.07, 6.45) is 4.95. The van der Waals surface area contributed by atoms with E-state index in [0.717, 1.165) is 28.1 Å². The summed E-state index contributed by atoms with van der Waals surface area (Å²) in [5.41, 5.74) is 2.75. The number of nitrogens with zero attached hydrogens (tertiary/aromatic N) is 2. The number of amides is 2. The highest BCUT2D eigenvalue weighted by Gasteiger charge is 2.23. The van der Waals surface area contributed by atoms with E-state index in [1.807, 2.05) is 6.92 Å². The topological polar surface area (TPSA) is 84.0 Å². The Bertz CT molecular complexity index is 1050. The van der Waals surface area contributed by atoms with Gasteiger partial charge in [-0.15, -0.1) is 11.3 Å². The zero-order valence-electron chi connectivity index (χ0n) is 15.6. The van der Waals surface area contributed by atoms with Gasteiger partial charge in [-0.2, -0.15) is 0 Å². The Labute approximate surface area is 171 Å². The highest BCUT2D eigenvalue weighted by Crippen LogP contribution is 2.40. The lowest BCUT2D eigenvalue weighted by molar-refractivity contribution is -0.115. The molecule has 0 bridgehead atoms. The first-order chi connectivity index (χ1) is 13.5. The molecule has 0 spiro atoms. The average Bonchev–Trinajstić information content (AvgIpc) is 3.24. The van der Waals surface area contributed by atoms with Gasteiger partial charge in [0.15, 0.2) is 0 Å². The minimum atomic E-state index is -0.301. The van der Waals surface area contributed by atoms with E-state index in [0.29, 0.717) is 11.4 Å². The molecule has 1 atom stereocenters. The van der Waals surface area contributed by atoms with Crippen molar-refractivity contribution < 1.29 is 9.59 Å². The fourth-order valence-corrected chi connectivity index (χ4v) is 5.53. The molecule has 28 heavy (non-hydrogen) atoms. The Balaban J connectivity index is 1.46. The summed E-state index contributed by atoms with van der Waals surface area (Å²) in [5, 5.41) is 7.34. The monoisotopic (exact) mass is 412 g/mol. The van der Waals surface area contributed by atoms with E-state index in [1.54, 1.807) is 41.9 Å². The van der Waals surface area contributed by atoms with E-state index in [9.17, 15) is 9.59 Å². The van der Waals surface area contributed by atoms with Crippen LogP contribution in [0, 0.1) is 0 Å². The van der Waals surface area contributed by atoms with Crippen molar-refractivity contribution in [3.63, 3.8) is 0 Å². The largest absolute Gasteiger partial charge is 0.326 e. The van der Waals surface area contributed by atoms with Crippen LogP contribution in [0.15, 0.2) is 35.6 Å². The van der Waals surface area contributed by atoms with Gasteiger partial charge in [0.05, 0.1) is 5.25 Å². The molecule has 4 rings (SSSR count). The van der Waals surface area contributed by atoms with Crippen molar-refractivity contribution in [3.05, 3.63) is 41.0 Å². The summed E-state index contributed by atoms with van der Waals surface area (Å²) >= 11 is 3.22. The van der Waals surface area contributed by atoms with Crippen LogP contribution in [-0.2, 0) is 22.4 Å². The van der Waals surface area contributed by atoms with E-state index >= 15 is 0 Å². The van der Waals surface area contributed by atoms with Gasteiger partial charge in [0.2, 0.25) is 11.8 Å². The van der Waals surface area contributed by atoms with Crippen molar-refractivity contribution in [3.8, 4) is 0 Å². The number of aryl methyl sites for hydroxylation is 2. The maximum Gasteiger partial charge on any atom is 0.237 e. The molecule has 3 aromatic rings. The van der Waals surface area contributed by atoms with Gasteiger partial charge in [0.1, 0.15) is 16.2 Å². The number of benzene rings is 1. The zero-order chi connectivity index (χ0) is 19.7. The molecule has 8 heteroatoms. The predicted octanol–water partition coefficient (Wildman–Crippen LogP) is 4.26. The molecule has 0 aliphatic heterocycles. The molecule has 2 amide bonds. The Morgan fingerprint density at radius 2 is 1.82 bits per heavy atom. The molecule has 2 heterocycles. The van der Waals surface area contributed by atoms with Gasteiger partial charge in [-0.1, -0.05) is 11.8 Å². The van der Waals surface area contributed by atoms with Gasteiger partial charge in [-0.25, -0.2) is 9.97 Å². The Kier molecular flexibility index (Phi) is 5.32. The first kappa shape index (κ1) is 18.9. The third kappa shape index (κ3) is 3.88. The lowest BCUT2D eigenvalue weighted by Gasteiger charge is -2.13. The minimum Gasteiger partial charge on any atom is -0.326 e. The molecular formula is C20H20N4O2S2. The molecule has 0 fully saturated rings. The van der Waals surface area contributed by atoms with Gasteiger partial charge in [0.25, 0.3) is 0 Å². The first-order valence-electron chi connectivity index (χ1n) is 9.11. The van der Waals surface area contributed by atoms with Crippen LogP contribution >= 0.6 is 23.1 Å². The Hall–Kier alpha value is -2.45. The third-order valence-corrected chi connectivity index (χ3v) is 6.90. The number of hydrogen-bond donors (Lipinski definition) is 2. The summed E-state index contributed by atoms with van der Waals surface area (Å²) in [7, 11) is 0. The second-order valence-corrected chi connectivity index (χ2v) is 9.14. The molecule has 144 valence electrons. The van der Waals surface area contributed by atoms with Crippen LogP contribution < -0.4 is 10.6 Å². The van der Waals surface area contributed by atoms with E-state index in [2.05, 4.69) is 20.6 Å². The summed E-state index contributed by atoms with van der Waals surface area (Å²) in [4.78, 5) is 35.0. The van der Waals surface area contributed by atoms with Crippen LogP contribution in [0.3, 0.4) is 0 Å². The van der Waals surface area contributed by atoms with E-state index in [4.69, 9.17) is 0 Å². The molecule has 1 aliphatic rings. The SMILES string of the molecule is CC(=O)Nc1ccc(NC(=O)[C@H](C)Sc2ncnc3sc4c(c23)CCC4)cc1. The van der Waals surface area contributed by atoms with Gasteiger partial charge >= 0.3 is 0 Å². The fraction of sp³-hybridized carbons (Fsp3) is 0.300. The number of hydrogen-bond acceptors (Lipinski definition) is 6. The van der Waals surface area contributed by atoms with Crippen molar-refractivity contribution >= 4 is 56.5 Å². The number of anilines is 2. The smallest absolute Gasteiger partial charge is 0.237 e. The molecule has 0 unspecified atom stereocenters. The number of thioether (sulfide) groups is 1. The van der Waals surface area contributed by atoms with Gasteiger partial charge in [0, 0.05) is 28.6 Å². The summed E-state index contributed by atoms with van der Waals surface area (Å²) < 4.78 is 0. The van der Waals surface area contributed by atoms with Crippen LogP contribution in [0.2, 0.25) is 0 Å². The quantitative estimate of drug-likeness (QED) is 0.483. The van der Waals surface area contributed by atoms with Crippen molar-refractivity contribution in [2.24, 2.45) is 0 Å². The standard InChI is InChI=1S/C20H20N4O2S2/c1-11(18(26)24-14-8-6-13(7-9-14)23-12(2)25)27-19-17-15-4-3-5-16(15)28-20(17)22-10-21-19/h6-11H,3-5H2,1-2H3,(H,23,25)(H,24,26)/t11-/m0/s1. The number of thiophene rings is 1. The minimum absolute atomic E-state index is 0.0871. The van der Waals surface area contributed by atoms with Crippen LogP contribution in [0.5, 0.6) is 0 Å². The number of aromatic nitrogens is 2. The van der Waals surface area contributed by atoms with E-state index < -0.39 is 0 Å². The number of rotatable bonds is 5. The maximum atomic E-state index is 12.6. The van der Waals surface area contributed by atoms with Crippen molar-refractivity contribution in [2.45, 2.75) is 43.4 Å². The maximum absolute atomic E-state index is 12.6. The van der Waals surface area contributed by atoms with E-state index in [1.165, 1.54) is 35.5 Å². The number of carbonyl (C=O) groups is 2. The van der Waals surface area contributed by atoms with Crippen molar-refractivity contribution in [1.29, 1.82) is 0 Å². The number of nitrogens with one attached hydrogen (secondary N) is 2. The van der Waals surface area contributed by atoms with Crippen LogP contribution in [0.25, 0.3) is 10.2 Å². The van der Waals surface area contributed by atoms with Crippen LogP contribution in [0.4, 0.5) is 11.4 Å². The molecular weight excluding hydrogens is 392 g/mol. The average molecular weight is 413 g/mol. The van der Waals surface area contributed by atoms with Crippen molar-refractivity contribution in [2.75, 3.05) is 10.6 Å². The molecule has 1 aromatic carbocycles. The Morgan fingerprint density at radius 1 is 1.11 bits per heavy atom. The van der Waals surface area contributed by atoms with Gasteiger partial charge in [-0.05, 0) is 56.0 Å². The second-order valence-electron chi connectivity index (χ2n) is 6.72. The normalized spacial score (nSPS) is 13.9. The summed E-state index contributed by atoms with van der Waals surface area (Å²) in [6, 6.07) is 7.07. The number of carbonyl (C=O) groups excluding carboxylic acids is 2. The van der Waals surface area contributed by atoms with Crippen LogP contribution in [0.1, 0.15) is 30.7 Å². The molecule has 2 aromatic heterocycles. The zero-order valence-corrected chi connectivity index (χ0v) is 17.2. The molecule has 0 saturated heterocycles. The first-order valence-corrected chi connectivity index (χ1v) is 10.8. The molecule has 0 radical (unpaired) electrons. The third-order valence-electron chi connectivity index (χ3n) is 4.60. The van der Waals surface area contributed by atoms with Crippen LogP contribution in [-0.4, -0.2) is 27.0 Å². The molecule has 1 aliphatic carbocycles. The van der Waals surface area contributed by atoms with Crippen molar-refractivity contribution in [1.82, 2.24) is 9.97 Å². The lowest BCUT2D eigenvalue weighted by Crippen LogP contribution is -2.22. The second kappa shape index (κ2) is 7.89. The van der Waals surface area contributed by atoms with E-state index in [-0.39, 0.29) is 17.1 Å².